The standard InChI is InChI=1S/C9H17NO2/c1-3-8-5-9(8,10)6-12-7-11-4-2/h3,8H,1,4-7,10H2,2H3. The molecule has 1 aliphatic carbocycles. The Morgan fingerprint density at radius 1 is 1.67 bits per heavy atom. The Labute approximate surface area is 73.5 Å². The predicted molar refractivity (Wildman–Crippen MR) is 47.7 cm³/mol. The molecule has 3 heteroatoms. The van der Waals surface area contributed by atoms with Gasteiger partial charge < -0.3 is 15.2 Å². The molecule has 0 spiro atoms. The topological polar surface area (TPSA) is 44.5 Å². The van der Waals surface area contributed by atoms with Gasteiger partial charge in [-0.25, -0.2) is 0 Å². The summed E-state index contributed by atoms with van der Waals surface area (Å²) in [5.41, 5.74) is 5.78. The molecule has 0 aromatic rings. The quantitative estimate of drug-likeness (QED) is 0.367. The molecule has 1 rings (SSSR count). The van der Waals surface area contributed by atoms with E-state index in [-0.39, 0.29) is 5.54 Å². The molecular weight excluding hydrogens is 154 g/mol. The highest BCUT2D eigenvalue weighted by Gasteiger charge is 2.49. The highest BCUT2D eigenvalue weighted by atomic mass is 16.7. The van der Waals surface area contributed by atoms with E-state index in [0.29, 0.717) is 25.9 Å². The Balaban J connectivity index is 2.04. The van der Waals surface area contributed by atoms with Gasteiger partial charge in [-0.3, -0.25) is 0 Å². The van der Waals surface area contributed by atoms with Gasteiger partial charge in [-0.1, -0.05) is 6.08 Å². The van der Waals surface area contributed by atoms with Gasteiger partial charge in [0.2, 0.25) is 0 Å². The highest BCUT2D eigenvalue weighted by molar-refractivity contribution is 5.14. The van der Waals surface area contributed by atoms with Crippen LogP contribution in [0.3, 0.4) is 0 Å². The first-order valence-corrected chi connectivity index (χ1v) is 4.30. The fraction of sp³-hybridized carbons (Fsp3) is 0.778. The second kappa shape index (κ2) is 4.03. The molecule has 12 heavy (non-hydrogen) atoms. The van der Waals surface area contributed by atoms with E-state index in [1.54, 1.807) is 0 Å². The molecule has 2 N–H and O–H groups in total. The van der Waals surface area contributed by atoms with Crippen LogP contribution in [0.25, 0.3) is 0 Å². The Morgan fingerprint density at radius 3 is 2.92 bits per heavy atom. The molecule has 1 aliphatic rings. The van der Waals surface area contributed by atoms with Crippen molar-refractivity contribution in [3.8, 4) is 0 Å². The molecule has 0 bridgehead atoms. The van der Waals surface area contributed by atoms with Gasteiger partial charge in [0, 0.05) is 12.1 Å². The lowest BCUT2D eigenvalue weighted by Gasteiger charge is -2.10. The van der Waals surface area contributed by atoms with Crippen LogP contribution in [0.1, 0.15) is 13.3 Å². The van der Waals surface area contributed by atoms with Crippen molar-refractivity contribution in [2.45, 2.75) is 18.9 Å². The summed E-state index contributed by atoms with van der Waals surface area (Å²) in [5.74, 6) is 0.430. The molecule has 1 fully saturated rings. The lowest BCUT2D eigenvalue weighted by molar-refractivity contribution is -0.0561. The van der Waals surface area contributed by atoms with Crippen LogP contribution >= 0.6 is 0 Å². The molecule has 0 radical (unpaired) electrons. The minimum atomic E-state index is -0.154. The third-order valence-electron chi connectivity index (χ3n) is 2.20. The van der Waals surface area contributed by atoms with E-state index in [1.807, 2.05) is 13.0 Å². The van der Waals surface area contributed by atoms with Crippen molar-refractivity contribution in [3.63, 3.8) is 0 Å². The normalized spacial score (nSPS) is 33.3. The summed E-state index contributed by atoms with van der Waals surface area (Å²) in [6.45, 7) is 7.23. The molecule has 3 nitrogen and oxygen atoms in total. The van der Waals surface area contributed by atoms with Crippen molar-refractivity contribution >= 4 is 0 Å². The van der Waals surface area contributed by atoms with Crippen molar-refractivity contribution in [2.24, 2.45) is 11.7 Å². The van der Waals surface area contributed by atoms with E-state index in [2.05, 4.69) is 6.58 Å². The molecule has 70 valence electrons. The highest BCUT2D eigenvalue weighted by Crippen LogP contribution is 2.41. The van der Waals surface area contributed by atoms with E-state index < -0.39 is 0 Å². The van der Waals surface area contributed by atoms with Crippen LogP contribution in [0.5, 0.6) is 0 Å². The van der Waals surface area contributed by atoms with Crippen molar-refractivity contribution in [3.05, 3.63) is 12.7 Å². The summed E-state index contributed by atoms with van der Waals surface area (Å²) >= 11 is 0. The SMILES string of the molecule is C=CC1CC1(N)COCOCC. The summed E-state index contributed by atoms with van der Waals surface area (Å²) in [5, 5.41) is 0. The number of nitrogens with two attached hydrogens (primary N) is 1. The fourth-order valence-electron chi connectivity index (χ4n) is 1.21. The minimum Gasteiger partial charge on any atom is -0.356 e. The van der Waals surface area contributed by atoms with E-state index in [9.17, 15) is 0 Å². The van der Waals surface area contributed by atoms with E-state index in [1.165, 1.54) is 0 Å². The Bertz CT molecular complexity index is 161. The van der Waals surface area contributed by atoms with E-state index in [4.69, 9.17) is 15.2 Å². The van der Waals surface area contributed by atoms with Crippen molar-refractivity contribution in [1.82, 2.24) is 0 Å². The zero-order valence-electron chi connectivity index (χ0n) is 7.58. The molecule has 2 unspecified atom stereocenters. The van der Waals surface area contributed by atoms with E-state index in [0.717, 1.165) is 6.42 Å². The predicted octanol–water partition coefficient (Wildman–Crippen LogP) is 0.900. The third-order valence-corrected chi connectivity index (χ3v) is 2.20. The van der Waals surface area contributed by atoms with Crippen LogP contribution in [0, 0.1) is 5.92 Å². The van der Waals surface area contributed by atoms with Crippen molar-refractivity contribution in [2.75, 3.05) is 20.0 Å². The van der Waals surface area contributed by atoms with Gasteiger partial charge in [-0.2, -0.15) is 0 Å². The molecule has 0 heterocycles. The average Bonchev–Trinajstić information content (AvgIpc) is 2.72. The van der Waals surface area contributed by atoms with Gasteiger partial charge >= 0.3 is 0 Å². The van der Waals surface area contributed by atoms with Gasteiger partial charge in [-0.15, -0.1) is 6.58 Å². The lowest BCUT2D eigenvalue weighted by atomic mass is 10.2. The van der Waals surface area contributed by atoms with Crippen LogP contribution in [0.4, 0.5) is 0 Å². The Hall–Kier alpha value is -0.380. The minimum absolute atomic E-state index is 0.154. The average molecular weight is 171 g/mol. The van der Waals surface area contributed by atoms with Crippen molar-refractivity contribution < 1.29 is 9.47 Å². The maximum atomic E-state index is 5.93. The number of hydrogen-bond donors (Lipinski definition) is 1. The summed E-state index contributed by atoms with van der Waals surface area (Å²) in [4.78, 5) is 0. The van der Waals surface area contributed by atoms with Crippen LogP contribution in [-0.2, 0) is 9.47 Å². The van der Waals surface area contributed by atoms with Crippen LogP contribution in [0.2, 0.25) is 0 Å². The third kappa shape index (κ3) is 2.30. The zero-order valence-corrected chi connectivity index (χ0v) is 7.58. The first kappa shape index (κ1) is 9.71. The number of rotatable bonds is 6. The smallest absolute Gasteiger partial charge is 0.146 e. The molecule has 1 saturated carbocycles. The monoisotopic (exact) mass is 171 g/mol. The molecule has 0 aromatic heterocycles. The van der Waals surface area contributed by atoms with Crippen molar-refractivity contribution in [1.29, 1.82) is 0 Å². The maximum Gasteiger partial charge on any atom is 0.146 e. The Kier molecular flexibility index (Phi) is 3.26. The van der Waals surface area contributed by atoms with Gasteiger partial charge in [0.05, 0.1) is 6.61 Å². The lowest BCUT2D eigenvalue weighted by Crippen LogP contribution is -2.31. The van der Waals surface area contributed by atoms with Gasteiger partial charge in [0.15, 0.2) is 0 Å². The fourth-order valence-corrected chi connectivity index (χ4v) is 1.21. The molecule has 0 aromatic carbocycles. The largest absolute Gasteiger partial charge is 0.356 e. The van der Waals surface area contributed by atoms with Gasteiger partial charge in [0.1, 0.15) is 6.79 Å². The second-order valence-corrected chi connectivity index (χ2v) is 3.24. The van der Waals surface area contributed by atoms with E-state index >= 15 is 0 Å². The summed E-state index contributed by atoms with van der Waals surface area (Å²) in [7, 11) is 0. The summed E-state index contributed by atoms with van der Waals surface area (Å²) in [6, 6.07) is 0. The number of ether oxygens (including phenoxy) is 2. The molecule has 2 atom stereocenters. The first-order chi connectivity index (χ1) is 5.73. The second-order valence-electron chi connectivity index (χ2n) is 3.24. The first-order valence-electron chi connectivity index (χ1n) is 4.30. The Morgan fingerprint density at radius 2 is 2.42 bits per heavy atom. The van der Waals surface area contributed by atoms with Crippen LogP contribution in [-0.4, -0.2) is 25.5 Å². The maximum absolute atomic E-state index is 5.93. The molecule has 0 amide bonds. The zero-order chi connectivity index (χ0) is 9.03. The molecule has 0 saturated heterocycles. The van der Waals surface area contributed by atoms with Gasteiger partial charge in [0.25, 0.3) is 0 Å². The number of hydrogen-bond acceptors (Lipinski definition) is 3. The van der Waals surface area contributed by atoms with Crippen LogP contribution in [0.15, 0.2) is 12.7 Å². The summed E-state index contributed by atoms with van der Waals surface area (Å²) in [6.07, 6.45) is 2.88. The van der Waals surface area contributed by atoms with Gasteiger partial charge in [-0.05, 0) is 19.3 Å². The molecule has 0 aliphatic heterocycles. The van der Waals surface area contributed by atoms with Crippen LogP contribution < -0.4 is 5.73 Å². The summed E-state index contributed by atoms with van der Waals surface area (Å²) < 4.78 is 10.3. The molecular formula is C9H17NO2.